The van der Waals surface area contributed by atoms with Crippen molar-refractivity contribution < 1.29 is 28.7 Å². The maximum absolute atomic E-state index is 13.0. The normalized spacial score (nSPS) is 13.9. The monoisotopic (exact) mass is 711 g/mol. The molecule has 1 aliphatic rings. The van der Waals surface area contributed by atoms with Crippen molar-refractivity contribution in [1.82, 2.24) is 4.90 Å². The second-order valence-electron chi connectivity index (χ2n) is 5.44. The molecular weight excluding hydrogens is 699 g/mol. The van der Waals surface area contributed by atoms with E-state index in [1.54, 1.807) is 0 Å². The summed E-state index contributed by atoms with van der Waals surface area (Å²) in [6, 6.07) is 0. The largest absolute Gasteiger partial charge is 0.390 e. The molecule has 2 rings (SSSR count). The number of rotatable bonds is 3. The zero-order chi connectivity index (χ0) is 20.5. The Morgan fingerprint density at radius 3 is 1.63 bits per heavy atom. The number of benzene rings is 1. The standard InChI is InChI=1S/C15H12I3N3O6/c1-5(22)19-13-10(16)9(11(17)14(12(13)18)20-6(2)23)15(26)21-3-7(24)27-8(25)4-21/h3-4H2,1-2H3,(H,19,22)(H,20,23). The molecule has 1 heterocycles. The molecule has 1 saturated heterocycles. The Labute approximate surface area is 194 Å². The number of ether oxygens (including phenoxy) is 1. The van der Waals surface area contributed by atoms with Gasteiger partial charge in [-0.2, -0.15) is 0 Å². The van der Waals surface area contributed by atoms with Gasteiger partial charge in [-0.05, 0) is 67.8 Å². The number of amides is 3. The summed E-state index contributed by atoms with van der Waals surface area (Å²) in [5, 5.41) is 5.32. The Hall–Kier alpha value is -1.04. The number of hydrogen-bond donors (Lipinski definition) is 2. The van der Waals surface area contributed by atoms with Gasteiger partial charge in [0.1, 0.15) is 13.1 Å². The first-order valence-electron chi connectivity index (χ1n) is 7.31. The van der Waals surface area contributed by atoms with Crippen molar-refractivity contribution in [1.29, 1.82) is 0 Å². The Balaban J connectivity index is 2.64. The third kappa shape index (κ3) is 5.07. The van der Waals surface area contributed by atoms with Crippen LogP contribution in [0.1, 0.15) is 24.2 Å². The van der Waals surface area contributed by atoms with Crippen LogP contribution in [0.3, 0.4) is 0 Å². The molecule has 1 fully saturated rings. The number of cyclic esters (lactones) is 2. The highest BCUT2D eigenvalue weighted by atomic mass is 127. The number of halogens is 3. The Bertz CT molecular complexity index is 827. The molecule has 0 aliphatic carbocycles. The predicted octanol–water partition coefficient (Wildman–Crippen LogP) is 1.94. The minimum atomic E-state index is -0.820. The van der Waals surface area contributed by atoms with E-state index in [9.17, 15) is 24.0 Å². The quantitative estimate of drug-likeness (QED) is 0.281. The van der Waals surface area contributed by atoms with Gasteiger partial charge in [-0.15, -0.1) is 0 Å². The molecule has 1 aromatic carbocycles. The number of nitrogens with zero attached hydrogens (tertiary/aromatic N) is 1. The molecule has 0 aromatic heterocycles. The number of carbonyl (C=O) groups excluding carboxylic acids is 5. The minimum Gasteiger partial charge on any atom is -0.390 e. The summed E-state index contributed by atoms with van der Waals surface area (Å²) in [7, 11) is 0. The van der Waals surface area contributed by atoms with Gasteiger partial charge < -0.3 is 20.3 Å². The molecule has 1 aliphatic heterocycles. The zero-order valence-corrected chi connectivity index (χ0v) is 20.4. The lowest BCUT2D eigenvalue weighted by Crippen LogP contribution is -2.46. The van der Waals surface area contributed by atoms with E-state index in [0.29, 0.717) is 22.1 Å². The smallest absolute Gasteiger partial charge is 0.333 e. The SMILES string of the molecule is CC(=O)Nc1c(I)c(NC(C)=O)c(I)c(C(=O)N2CC(=O)OC(=O)C2)c1I. The fourth-order valence-electron chi connectivity index (χ4n) is 2.28. The lowest BCUT2D eigenvalue weighted by molar-refractivity contribution is -0.165. The third-order valence-corrected chi connectivity index (χ3v) is 6.52. The highest BCUT2D eigenvalue weighted by Gasteiger charge is 2.33. The number of anilines is 2. The molecule has 0 atom stereocenters. The molecule has 0 radical (unpaired) electrons. The predicted molar refractivity (Wildman–Crippen MR) is 120 cm³/mol. The zero-order valence-electron chi connectivity index (χ0n) is 13.9. The van der Waals surface area contributed by atoms with Crippen LogP contribution in [0.2, 0.25) is 0 Å². The molecule has 0 unspecified atom stereocenters. The second-order valence-corrected chi connectivity index (χ2v) is 8.67. The van der Waals surface area contributed by atoms with E-state index in [-0.39, 0.29) is 30.5 Å². The van der Waals surface area contributed by atoms with Crippen molar-refractivity contribution >= 4 is 109 Å². The first-order chi connectivity index (χ1) is 12.5. The highest BCUT2D eigenvalue weighted by Crippen LogP contribution is 2.39. The van der Waals surface area contributed by atoms with Gasteiger partial charge >= 0.3 is 11.9 Å². The summed E-state index contributed by atoms with van der Waals surface area (Å²) in [5.74, 6) is -2.92. The van der Waals surface area contributed by atoms with Gasteiger partial charge in [-0.3, -0.25) is 14.4 Å². The Morgan fingerprint density at radius 2 is 1.26 bits per heavy atom. The number of morpholine rings is 1. The topological polar surface area (TPSA) is 122 Å². The van der Waals surface area contributed by atoms with Crippen LogP contribution < -0.4 is 10.6 Å². The van der Waals surface area contributed by atoms with Gasteiger partial charge in [0.25, 0.3) is 5.91 Å². The fourth-order valence-corrected chi connectivity index (χ4v) is 6.45. The van der Waals surface area contributed by atoms with Crippen molar-refractivity contribution in [2.24, 2.45) is 0 Å². The van der Waals surface area contributed by atoms with Crippen LogP contribution in [0.5, 0.6) is 0 Å². The van der Waals surface area contributed by atoms with Crippen LogP contribution in [0.15, 0.2) is 0 Å². The van der Waals surface area contributed by atoms with Crippen molar-refractivity contribution in [2.75, 3.05) is 23.7 Å². The first kappa shape index (κ1) is 22.3. The lowest BCUT2D eigenvalue weighted by Gasteiger charge is -2.27. The molecule has 3 amide bonds. The molecule has 9 nitrogen and oxygen atoms in total. The summed E-state index contributed by atoms with van der Waals surface area (Å²) in [6.45, 7) is 1.91. The van der Waals surface area contributed by atoms with Crippen molar-refractivity contribution in [2.45, 2.75) is 13.8 Å². The molecular formula is C15H12I3N3O6. The average molecular weight is 711 g/mol. The van der Waals surface area contributed by atoms with Gasteiger partial charge in [0.2, 0.25) is 11.8 Å². The van der Waals surface area contributed by atoms with Gasteiger partial charge in [-0.1, -0.05) is 0 Å². The van der Waals surface area contributed by atoms with E-state index in [2.05, 4.69) is 15.4 Å². The Morgan fingerprint density at radius 1 is 0.852 bits per heavy atom. The lowest BCUT2D eigenvalue weighted by atomic mass is 10.1. The van der Waals surface area contributed by atoms with Crippen LogP contribution in [-0.2, 0) is 23.9 Å². The number of carbonyl (C=O) groups is 5. The maximum Gasteiger partial charge on any atom is 0.333 e. The summed E-state index contributed by atoms with van der Waals surface area (Å²) in [6.07, 6.45) is 0. The van der Waals surface area contributed by atoms with Crippen LogP contribution in [0.25, 0.3) is 0 Å². The molecule has 1 aromatic rings. The summed E-state index contributed by atoms with van der Waals surface area (Å²) < 4.78 is 5.86. The summed E-state index contributed by atoms with van der Waals surface area (Å²) in [4.78, 5) is 60.3. The third-order valence-electron chi connectivity index (χ3n) is 3.29. The Kier molecular flexibility index (Phi) is 7.40. The van der Waals surface area contributed by atoms with E-state index < -0.39 is 17.8 Å². The van der Waals surface area contributed by atoms with Crippen LogP contribution in [0, 0.1) is 10.7 Å². The number of hydrogen-bond acceptors (Lipinski definition) is 6. The fraction of sp³-hybridized carbons (Fsp3) is 0.267. The highest BCUT2D eigenvalue weighted by molar-refractivity contribution is 14.1. The number of esters is 2. The number of nitrogens with one attached hydrogen (secondary N) is 2. The van der Waals surface area contributed by atoms with Gasteiger partial charge in [0.05, 0.1) is 27.6 Å². The molecule has 12 heteroatoms. The second kappa shape index (κ2) is 8.97. The van der Waals surface area contributed by atoms with E-state index >= 15 is 0 Å². The summed E-state index contributed by atoms with van der Waals surface area (Å²) in [5.41, 5.74) is 0.899. The van der Waals surface area contributed by atoms with E-state index in [4.69, 9.17) is 0 Å². The maximum atomic E-state index is 13.0. The van der Waals surface area contributed by atoms with Crippen molar-refractivity contribution in [3.63, 3.8) is 0 Å². The molecule has 2 N–H and O–H groups in total. The summed E-state index contributed by atoms with van der Waals surface area (Å²) >= 11 is 5.79. The molecule has 0 spiro atoms. The average Bonchev–Trinajstić information content (AvgIpc) is 2.54. The minimum absolute atomic E-state index is 0.173. The van der Waals surface area contributed by atoms with Crippen molar-refractivity contribution in [3.8, 4) is 0 Å². The van der Waals surface area contributed by atoms with Crippen LogP contribution in [-0.4, -0.2) is 47.6 Å². The molecule has 27 heavy (non-hydrogen) atoms. The van der Waals surface area contributed by atoms with Crippen LogP contribution in [0.4, 0.5) is 11.4 Å². The van der Waals surface area contributed by atoms with E-state index in [1.165, 1.54) is 13.8 Å². The van der Waals surface area contributed by atoms with Crippen LogP contribution >= 0.6 is 67.8 Å². The molecule has 144 valence electrons. The van der Waals surface area contributed by atoms with E-state index in [1.807, 2.05) is 67.8 Å². The first-order valence-corrected chi connectivity index (χ1v) is 10.5. The van der Waals surface area contributed by atoms with Crippen molar-refractivity contribution in [3.05, 3.63) is 16.3 Å². The van der Waals surface area contributed by atoms with E-state index in [0.717, 1.165) is 4.90 Å². The van der Waals surface area contributed by atoms with Gasteiger partial charge in [-0.25, -0.2) is 9.59 Å². The van der Waals surface area contributed by atoms with Gasteiger partial charge in [0.15, 0.2) is 0 Å². The molecule has 0 saturated carbocycles. The molecule has 0 bridgehead atoms. The van der Waals surface area contributed by atoms with Gasteiger partial charge in [0, 0.05) is 13.8 Å².